The first kappa shape index (κ1) is 12.7. The van der Waals surface area contributed by atoms with Crippen molar-refractivity contribution in [3.8, 4) is 0 Å². The lowest BCUT2D eigenvalue weighted by molar-refractivity contribution is 0.579. The van der Waals surface area contributed by atoms with Crippen LogP contribution in [0.15, 0.2) is 23.5 Å². The van der Waals surface area contributed by atoms with Gasteiger partial charge in [-0.2, -0.15) is 5.10 Å². The number of H-pyrrole nitrogens is 1. The third-order valence-electron chi connectivity index (χ3n) is 2.50. The number of hydrogen-bond donors (Lipinski definition) is 3. The summed E-state index contributed by atoms with van der Waals surface area (Å²) < 4.78 is 28.1. The standard InChI is InChI=1S/C9H14N6O2S/c1-15-5-8(2-7(15)3-10)18(16,17)13-4-9-11-6-12-14-9/h2,5-6,13H,3-4,10H2,1H3,(H,11,12,14). The second kappa shape index (κ2) is 4.88. The van der Waals surface area contributed by atoms with E-state index >= 15 is 0 Å². The molecule has 8 nitrogen and oxygen atoms in total. The number of hydrogen-bond acceptors (Lipinski definition) is 5. The summed E-state index contributed by atoms with van der Waals surface area (Å²) in [6, 6.07) is 1.54. The van der Waals surface area contributed by atoms with Crippen LogP contribution in [0.3, 0.4) is 0 Å². The Morgan fingerprint density at radius 3 is 2.89 bits per heavy atom. The van der Waals surface area contributed by atoms with Crippen LogP contribution in [0.2, 0.25) is 0 Å². The van der Waals surface area contributed by atoms with Gasteiger partial charge in [0, 0.05) is 25.5 Å². The maximum Gasteiger partial charge on any atom is 0.242 e. The SMILES string of the molecule is Cn1cc(S(=O)(=O)NCc2ncn[nH]2)cc1CN. The lowest BCUT2D eigenvalue weighted by Gasteiger charge is -2.02. The Labute approximate surface area is 104 Å². The Morgan fingerprint density at radius 2 is 2.33 bits per heavy atom. The van der Waals surface area contributed by atoms with Crippen molar-refractivity contribution >= 4 is 10.0 Å². The van der Waals surface area contributed by atoms with E-state index in [0.717, 1.165) is 5.69 Å². The molecule has 98 valence electrons. The largest absolute Gasteiger partial charge is 0.352 e. The predicted octanol–water partition coefficient (Wildman–Crippen LogP) is -0.920. The van der Waals surface area contributed by atoms with Gasteiger partial charge in [-0.1, -0.05) is 0 Å². The Morgan fingerprint density at radius 1 is 1.56 bits per heavy atom. The molecule has 2 rings (SSSR count). The van der Waals surface area contributed by atoms with Crippen LogP contribution in [0.1, 0.15) is 11.5 Å². The molecular weight excluding hydrogens is 256 g/mol. The third-order valence-corrected chi connectivity index (χ3v) is 3.87. The summed E-state index contributed by atoms with van der Waals surface area (Å²) in [5.41, 5.74) is 6.24. The number of aromatic nitrogens is 4. The highest BCUT2D eigenvalue weighted by atomic mass is 32.2. The van der Waals surface area contributed by atoms with Gasteiger partial charge in [0.15, 0.2) is 0 Å². The van der Waals surface area contributed by atoms with Gasteiger partial charge >= 0.3 is 0 Å². The number of rotatable bonds is 5. The highest BCUT2D eigenvalue weighted by Gasteiger charge is 2.17. The topological polar surface area (TPSA) is 119 Å². The second-order valence-electron chi connectivity index (χ2n) is 3.74. The van der Waals surface area contributed by atoms with E-state index in [9.17, 15) is 8.42 Å². The first-order chi connectivity index (χ1) is 8.53. The smallest absolute Gasteiger partial charge is 0.242 e. The number of nitrogens with one attached hydrogen (secondary N) is 2. The fourth-order valence-corrected chi connectivity index (χ4v) is 2.57. The molecule has 9 heteroatoms. The molecule has 0 bridgehead atoms. The zero-order valence-corrected chi connectivity index (χ0v) is 10.6. The maximum atomic E-state index is 12.0. The van der Waals surface area contributed by atoms with Gasteiger partial charge in [0.1, 0.15) is 12.2 Å². The minimum atomic E-state index is -3.56. The van der Waals surface area contributed by atoms with Crippen molar-refractivity contribution in [2.75, 3.05) is 0 Å². The molecule has 0 aromatic carbocycles. The summed E-state index contributed by atoms with van der Waals surface area (Å²) in [6.07, 6.45) is 2.84. The van der Waals surface area contributed by atoms with Crippen LogP contribution in [0.25, 0.3) is 0 Å². The number of nitrogens with zero attached hydrogens (tertiary/aromatic N) is 3. The van der Waals surface area contributed by atoms with E-state index in [1.54, 1.807) is 17.7 Å². The fourth-order valence-electron chi connectivity index (χ4n) is 1.49. The average Bonchev–Trinajstić information content (AvgIpc) is 2.95. The van der Waals surface area contributed by atoms with Crippen LogP contribution < -0.4 is 10.5 Å². The van der Waals surface area contributed by atoms with Gasteiger partial charge in [0.25, 0.3) is 0 Å². The summed E-state index contributed by atoms with van der Waals surface area (Å²) in [4.78, 5) is 4.02. The van der Waals surface area contributed by atoms with Crippen LogP contribution in [0.5, 0.6) is 0 Å². The second-order valence-corrected chi connectivity index (χ2v) is 5.51. The van der Waals surface area contributed by atoms with Crippen LogP contribution in [0.4, 0.5) is 0 Å². The zero-order valence-electron chi connectivity index (χ0n) is 9.79. The quantitative estimate of drug-likeness (QED) is 0.649. The molecular formula is C9H14N6O2S. The summed E-state index contributed by atoms with van der Waals surface area (Å²) in [5.74, 6) is 0.452. The van der Waals surface area contributed by atoms with E-state index in [-0.39, 0.29) is 18.0 Å². The van der Waals surface area contributed by atoms with Crippen LogP contribution in [-0.2, 0) is 30.2 Å². The highest BCUT2D eigenvalue weighted by Crippen LogP contribution is 2.13. The molecule has 0 saturated carbocycles. The Bertz CT molecular complexity index is 616. The van der Waals surface area contributed by atoms with Gasteiger partial charge in [-0.05, 0) is 6.07 Å². The monoisotopic (exact) mass is 270 g/mol. The highest BCUT2D eigenvalue weighted by molar-refractivity contribution is 7.89. The minimum Gasteiger partial charge on any atom is -0.352 e. The number of nitrogens with two attached hydrogens (primary N) is 1. The molecule has 2 heterocycles. The molecule has 4 N–H and O–H groups in total. The Hall–Kier alpha value is -1.71. The summed E-state index contributed by atoms with van der Waals surface area (Å²) in [7, 11) is -1.81. The molecule has 2 aromatic heterocycles. The number of sulfonamides is 1. The molecule has 0 aliphatic heterocycles. The molecule has 0 atom stereocenters. The van der Waals surface area contributed by atoms with Gasteiger partial charge in [0.05, 0.1) is 11.4 Å². The Kier molecular flexibility index (Phi) is 3.45. The molecule has 18 heavy (non-hydrogen) atoms. The molecule has 0 fully saturated rings. The van der Waals surface area contributed by atoms with Crippen LogP contribution >= 0.6 is 0 Å². The molecule has 0 unspecified atom stereocenters. The van der Waals surface area contributed by atoms with E-state index < -0.39 is 10.0 Å². The molecule has 0 radical (unpaired) electrons. The van der Waals surface area contributed by atoms with Crippen molar-refractivity contribution < 1.29 is 8.42 Å². The van der Waals surface area contributed by atoms with Gasteiger partial charge in [0.2, 0.25) is 10.0 Å². The average molecular weight is 270 g/mol. The van der Waals surface area contributed by atoms with E-state index in [1.807, 2.05) is 0 Å². The van der Waals surface area contributed by atoms with Crippen molar-refractivity contribution in [3.05, 3.63) is 30.1 Å². The van der Waals surface area contributed by atoms with Crippen molar-refractivity contribution in [1.82, 2.24) is 24.5 Å². The van der Waals surface area contributed by atoms with Crippen molar-refractivity contribution in [2.45, 2.75) is 18.0 Å². The minimum absolute atomic E-state index is 0.0647. The molecule has 0 aliphatic rings. The maximum absolute atomic E-state index is 12.0. The zero-order chi connectivity index (χ0) is 13.2. The normalized spacial score (nSPS) is 11.9. The third kappa shape index (κ3) is 2.58. The van der Waals surface area contributed by atoms with Crippen molar-refractivity contribution in [3.63, 3.8) is 0 Å². The fraction of sp³-hybridized carbons (Fsp3) is 0.333. The Balaban J connectivity index is 2.14. The molecule has 2 aromatic rings. The summed E-state index contributed by atoms with van der Waals surface area (Å²) in [6.45, 7) is 0.351. The van der Waals surface area contributed by atoms with Crippen LogP contribution in [-0.4, -0.2) is 28.2 Å². The van der Waals surface area contributed by atoms with Gasteiger partial charge < -0.3 is 10.3 Å². The van der Waals surface area contributed by atoms with Crippen molar-refractivity contribution in [2.24, 2.45) is 12.8 Å². The first-order valence-corrected chi connectivity index (χ1v) is 6.70. The lowest BCUT2D eigenvalue weighted by atomic mass is 10.4. The van der Waals surface area contributed by atoms with E-state index in [2.05, 4.69) is 19.9 Å². The van der Waals surface area contributed by atoms with Crippen molar-refractivity contribution in [1.29, 1.82) is 0 Å². The summed E-state index contributed by atoms with van der Waals surface area (Å²) in [5, 5.41) is 6.21. The molecule has 0 spiro atoms. The number of aryl methyl sites for hydroxylation is 1. The van der Waals surface area contributed by atoms with Gasteiger partial charge in [-0.25, -0.2) is 18.1 Å². The predicted molar refractivity (Wildman–Crippen MR) is 63.7 cm³/mol. The lowest BCUT2D eigenvalue weighted by Crippen LogP contribution is -2.23. The van der Waals surface area contributed by atoms with Gasteiger partial charge in [-0.3, -0.25) is 5.10 Å². The molecule has 0 aliphatic carbocycles. The summed E-state index contributed by atoms with van der Waals surface area (Å²) >= 11 is 0. The van der Waals surface area contributed by atoms with E-state index in [4.69, 9.17) is 5.73 Å². The van der Waals surface area contributed by atoms with E-state index in [0.29, 0.717) is 5.82 Å². The van der Waals surface area contributed by atoms with Crippen LogP contribution in [0, 0.1) is 0 Å². The van der Waals surface area contributed by atoms with Gasteiger partial charge in [-0.15, -0.1) is 0 Å². The molecule has 0 amide bonds. The molecule has 0 saturated heterocycles. The van der Waals surface area contributed by atoms with E-state index in [1.165, 1.54) is 12.5 Å². The number of aromatic amines is 1. The first-order valence-electron chi connectivity index (χ1n) is 5.22.